The Morgan fingerprint density at radius 1 is 1.52 bits per heavy atom. The smallest absolute Gasteiger partial charge is 0.312 e. The van der Waals surface area contributed by atoms with Gasteiger partial charge in [-0.05, 0) is 26.0 Å². The Kier molecular flexibility index (Phi) is 6.17. The Morgan fingerprint density at radius 3 is 2.71 bits per heavy atom. The highest BCUT2D eigenvalue weighted by atomic mass is 35.5. The molecule has 0 saturated heterocycles. The van der Waals surface area contributed by atoms with Gasteiger partial charge in [0.15, 0.2) is 12.4 Å². The lowest BCUT2D eigenvalue weighted by Gasteiger charge is -2.20. The molecule has 6 nitrogen and oxygen atoms in total. The fourth-order valence-electron chi connectivity index (χ4n) is 1.69. The van der Waals surface area contributed by atoms with Crippen molar-refractivity contribution < 1.29 is 14.5 Å². The van der Waals surface area contributed by atoms with Crippen molar-refractivity contribution >= 4 is 23.2 Å². The Morgan fingerprint density at radius 2 is 2.19 bits per heavy atom. The molecule has 0 bridgehead atoms. The second-order valence-electron chi connectivity index (χ2n) is 4.52. The lowest BCUT2D eigenvalue weighted by atomic mass is 10.3. The van der Waals surface area contributed by atoms with E-state index in [1.807, 2.05) is 13.8 Å². The first-order chi connectivity index (χ1) is 9.85. The van der Waals surface area contributed by atoms with Crippen molar-refractivity contribution in [1.82, 2.24) is 4.90 Å². The topological polar surface area (TPSA) is 72.7 Å². The molecular formula is C14H17ClN2O4. The summed E-state index contributed by atoms with van der Waals surface area (Å²) >= 11 is 5.71. The van der Waals surface area contributed by atoms with E-state index in [9.17, 15) is 14.9 Å². The summed E-state index contributed by atoms with van der Waals surface area (Å²) in [7, 11) is 0. The van der Waals surface area contributed by atoms with Crippen molar-refractivity contribution in [1.29, 1.82) is 0 Å². The summed E-state index contributed by atoms with van der Waals surface area (Å²) in [6.45, 7) is 8.08. The second kappa shape index (κ2) is 7.64. The Labute approximate surface area is 128 Å². The van der Waals surface area contributed by atoms with Gasteiger partial charge in [-0.25, -0.2) is 0 Å². The van der Waals surface area contributed by atoms with Crippen molar-refractivity contribution in [2.24, 2.45) is 0 Å². The number of carbonyl (C=O) groups excluding carboxylic acids is 1. The number of halogens is 1. The Hall–Kier alpha value is -2.08. The van der Waals surface area contributed by atoms with Crippen molar-refractivity contribution in [3.8, 4) is 5.75 Å². The number of nitrogens with zero attached hydrogens (tertiary/aromatic N) is 2. The van der Waals surface area contributed by atoms with Crippen LogP contribution in [0.5, 0.6) is 5.75 Å². The lowest BCUT2D eigenvalue weighted by Crippen LogP contribution is -2.35. The van der Waals surface area contributed by atoms with E-state index in [0.29, 0.717) is 13.1 Å². The van der Waals surface area contributed by atoms with Gasteiger partial charge in [0.1, 0.15) is 0 Å². The molecular weight excluding hydrogens is 296 g/mol. The molecule has 0 heterocycles. The summed E-state index contributed by atoms with van der Waals surface area (Å²) in [5.41, 5.74) is 0.584. The standard InChI is InChI=1S/C14H17ClN2O4/c1-4-16(8-10(2)3)14(18)9-21-13-6-5-11(15)7-12(13)17(19)20/h5-7H,2,4,8-9H2,1,3H3. The van der Waals surface area contributed by atoms with Crippen LogP contribution in [0.25, 0.3) is 0 Å². The molecule has 0 saturated carbocycles. The number of hydrogen-bond donors (Lipinski definition) is 0. The molecule has 0 aliphatic carbocycles. The van der Waals surface area contributed by atoms with E-state index in [2.05, 4.69) is 6.58 Å². The highest BCUT2D eigenvalue weighted by Gasteiger charge is 2.18. The summed E-state index contributed by atoms with van der Waals surface area (Å²) in [4.78, 5) is 23.9. The maximum Gasteiger partial charge on any atom is 0.312 e. The Balaban J connectivity index is 2.77. The van der Waals surface area contributed by atoms with Crippen molar-refractivity contribution in [3.05, 3.63) is 45.5 Å². The Bertz CT molecular complexity index is 560. The highest BCUT2D eigenvalue weighted by Crippen LogP contribution is 2.29. The molecule has 0 aliphatic rings. The minimum absolute atomic E-state index is 0.0177. The molecule has 0 spiro atoms. The van der Waals surface area contributed by atoms with E-state index in [1.54, 1.807) is 4.90 Å². The van der Waals surface area contributed by atoms with Gasteiger partial charge in [0.25, 0.3) is 5.91 Å². The largest absolute Gasteiger partial charge is 0.477 e. The maximum atomic E-state index is 12.0. The number of likely N-dealkylation sites (N-methyl/N-ethyl adjacent to an activating group) is 1. The predicted octanol–water partition coefficient (Wildman–Crippen LogP) is 3.05. The molecule has 1 amide bonds. The van der Waals surface area contributed by atoms with Crippen LogP contribution in [0.2, 0.25) is 5.02 Å². The minimum atomic E-state index is -0.600. The first kappa shape index (κ1) is 17.0. The lowest BCUT2D eigenvalue weighted by molar-refractivity contribution is -0.385. The zero-order chi connectivity index (χ0) is 16.0. The van der Waals surface area contributed by atoms with Crippen LogP contribution < -0.4 is 4.74 Å². The molecule has 0 fully saturated rings. The molecule has 0 aliphatic heterocycles. The van der Waals surface area contributed by atoms with Crippen LogP contribution in [-0.4, -0.2) is 35.4 Å². The summed E-state index contributed by atoms with van der Waals surface area (Å²) in [5, 5.41) is 11.1. The van der Waals surface area contributed by atoms with Crippen LogP contribution in [0.1, 0.15) is 13.8 Å². The molecule has 1 aromatic carbocycles. The number of nitro benzene ring substituents is 1. The molecule has 114 valence electrons. The van der Waals surface area contributed by atoms with Gasteiger partial charge in [0, 0.05) is 24.2 Å². The molecule has 1 aromatic rings. The van der Waals surface area contributed by atoms with E-state index < -0.39 is 4.92 Å². The van der Waals surface area contributed by atoms with Crippen LogP contribution in [-0.2, 0) is 4.79 Å². The molecule has 7 heteroatoms. The molecule has 0 atom stereocenters. The second-order valence-corrected chi connectivity index (χ2v) is 4.96. The first-order valence-corrected chi connectivity index (χ1v) is 6.71. The van der Waals surface area contributed by atoms with Crippen molar-refractivity contribution in [2.75, 3.05) is 19.7 Å². The van der Waals surface area contributed by atoms with Gasteiger partial charge in [0.05, 0.1) is 4.92 Å². The van der Waals surface area contributed by atoms with Crippen LogP contribution in [0.3, 0.4) is 0 Å². The minimum Gasteiger partial charge on any atom is -0.477 e. The average molecular weight is 313 g/mol. The number of carbonyl (C=O) groups is 1. The predicted molar refractivity (Wildman–Crippen MR) is 80.7 cm³/mol. The number of hydrogen-bond acceptors (Lipinski definition) is 4. The van der Waals surface area contributed by atoms with Crippen LogP contribution in [0.4, 0.5) is 5.69 Å². The van der Waals surface area contributed by atoms with Gasteiger partial charge in [-0.15, -0.1) is 0 Å². The molecule has 0 aromatic heterocycles. The van der Waals surface area contributed by atoms with E-state index in [-0.39, 0.29) is 29.0 Å². The number of benzene rings is 1. The van der Waals surface area contributed by atoms with Gasteiger partial charge >= 0.3 is 5.69 Å². The van der Waals surface area contributed by atoms with Crippen molar-refractivity contribution in [3.63, 3.8) is 0 Å². The molecule has 21 heavy (non-hydrogen) atoms. The fraction of sp³-hybridized carbons (Fsp3) is 0.357. The highest BCUT2D eigenvalue weighted by molar-refractivity contribution is 6.30. The number of nitro groups is 1. The molecule has 0 radical (unpaired) electrons. The van der Waals surface area contributed by atoms with E-state index in [4.69, 9.17) is 16.3 Å². The van der Waals surface area contributed by atoms with Crippen LogP contribution >= 0.6 is 11.6 Å². The summed E-state index contributed by atoms with van der Waals surface area (Å²) in [6, 6.07) is 4.04. The summed E-state index contributed by atoms with van der Waals surface area (Å²) < 4.78 is 5.26. The zero-order valence-electron chi connectivity index (χ0n) is 12.0. The normalized spacial score (nSPS) is 10.0. The van der Waals surface area contributed by atoms with Crippen LogP contribution in [0, 0.1) is 10.1 Å². The molecule has 1 rings (SSSR count). The third-order valence-corrected chi connectivity index (χ3v) is 2.90. The van der Waals surface area contributed by atoms with E-state index >= 15 is 0 Å². The average Bonchev–Trinajstić information content (AvgIpc) is 2.42. The maximum absolute atomic E-state index is 12.0. The van der Waals surface area contributed by atoms with Gasteiger partial charge in [-0.1, -0.05) is 23.8 Å². The summed E-state index contributed by atoms with van der Waals surface area (Å²) in [5.74, 6) is -0.242. The van der Waals surface area contributed by atoms with Gasteiger partial charge in [-0.2, -0.15) is 0 Å². The third kappa shape index (κ3) is 5.07. The first-order valence-electron chi connectivity index (χ1n) is 6.34. The van der Waals surface area contributed by atoms with Crippen molar-refractivity contribution in [2.45, 2.75) is 13.8 Å². The molecule has 0 N–H and O–H groups in total. The van der Waals surface area contributed by atoms with E-state index in [0.717, 1.165) is 5.57 Å². The SMILES string of the molecule is C=C(C)CN(CC)C(=O)COc1ccc(Cl)cc1[N+](=O)[O-]. The zero-order valence-corrected chi connectivity index (χ0v) is 12.7. The number of amides is 1. The summed E-state index contributed by atoms with van der Waals surface area (Å²) in [6.07, 6.45) is 0. The quantitative estimate of drug-likeness (QED) is 0.440. The number of rotatable bonds is 7. The number of ether oxygens (including phenoxy) is 1. The van der Waals surface area contributed by atoms with Gasteiger partial charge in [0.2, 0.25) is 0 Å². The van der Waals surface area contributed by atoms with Gasteiger partial charge < -0.3 is 9.64 Å². The fourth-order valence-corrected chi connectivity index (χ4v) is 1.85. The third-order valence-electron chi connectivity index (χ3n) is 2.66. The molecule has 0 unspecified atom stereocenters. The monoisotopic (exact) mass is 312 g/mol. The van der Waals surface area contributed by atoms with Crippen LogP contribution in [0.15, 0.2) is 30.4 Å². The van der Waals surface area contributed by atoms with E-state index in [1.165, 1.54) is 18.2 Å². The van der Waals surface area contributed by atoms with Gasteiger partial charge in [-0.3, -0.25) is 14.9 Å².